The summed E-state index contributed by atoms with van der Waals surface area (Å²) in [6, 6.07) is 17.7. The van der Waals surface area contributed by atoms with Crippen LogP contribution in [0.5, 0.6) is 11.5 Å². The fourth-order valence-electron chi connectivity index (χ4n) is 2.59. The number of ether oxygens (including phenoxy) is 2. The first-order valence-corrected chi connectivity index (χ1v) is 8.15. The number of fused-ring (bicyclic) bond motifs is 1. The van der Waals surface area contributed by atoms with E-state index in [4.69, 9.17) is 14.7 Å². The van der Waals surface area contributed by atoms with Crippen molar-refractivity contribution in [3.05, 3.63) is 71.9 Å². The average molecular weight is 358 g/mol. The minimum Gasteiger partial charge on any atom is -0.454 e. The Kier molecular flexibility index (Phi) is 4.29. The van der Waals surface area contributed by atoms with Crippen LogP contribution in [-0.2, 0) is 0 Å². The molecule has 2 aromatic carbocycles. The molecule has 0 bridgehead atoms. The molecular formula is C20H14N4O3. The lowest BCUT2D eigenvalue weighted by Crippen LogP contribution is -2.12. The van der Waals surface area contributed by atoms with Gasteiger partial charge in [0.15, 0.2) is 11.5 Å². The molecule has 0 saturated carbocycles. The number of nitrogens with zero attached hydrogens (tertiary/aromatic N) is 2. The van der Waals surface area contributed by atoms with Gasteiger partial charge in [0, 0.05) is 23.6 Å². The van der Waals surface area contributed by atoms with Crippen molar-refractivity contribution in [2.75, 3.05) is 17.4 Å². The van der Waals surface area contributed by atoms with Crippen molar-refractivity contribution < 1.29 is 14.3 Å². The van der Waals surface area contributed by atoms with Crippen LogP contribution in [0.4, 0.5) is 17.2 Å². The average Bonchev–Trinajstić information content (AvgIpc) is 3.16. The van der Waals surface area contributed by atoms with E-state index < -0.39 is 0 Å². The largest absolute Gasteiger partial charge is 0.454 e. The maximum atomic E-state index is 12.4. The fraction of sp³-hybridized carbons (Fsp3) is 0.0500. The third kappa shape index (κ3) is 3.65. The summed E-state index contributed by atoms with van der Waals surface area (Å²) in [5.41, 5.74) is 2.34. The Bertz CT molecular complexity index is 1040. The Morgan fingerprint density at radius 1 is 1.04 bits per heavy atom. The highest BCUT2D eigenvalue weighted by Gasteiger charge is 2.14. The normalized spacial score (nSPS) is 11.5. The number of nitrogens with one attached hydrogen (secondary N) is 2. The van der Waals surface area contributed by atoms with Crippen molar-refractivity contribution in [3.8, 4) is 17.6 Å². The van der Waals surface area contributed by atoms with Crippen LogP contribution in [0.25, 0.3) is 0 Å². The van der Waals surface area contributed by atoms with Crippen LogP contribution in [0.3, 0.4) is 0 Å². The summed E-state index contributed by atoms with van der Waals surface area (Å²) < 4.78 is 10.6. The molecule has 0 atom stereocenters. The number of amides is 1. The number of carbonyl (C=O) groups excluding carboxylic acids is 1. The molecule has 1 aromatic heterocycles. The van der Waals surface area contributed by atoms with Crippen LogP contribution in [-0.4, -0.2) is 17.7 Å². The van der Waals surface area contributed by atoms with Crippen molar-refractivity contribution in [3.63, 3.8) is 0 Å². The third-order valence-corrected chi connectivity index (χ3v) is 3.92. The molecule has 0 spiro atoms. The number of aromatic nitrogens is 1. The molecule has 7 heteroatoms. The Labute approximate surface area is 155 Å². The Morgan fingerprint density at radius 2 is 1.93 bits per heavy atom. The summed E-state index contributed by atoms with van der Waals surface area (Å²) in [6.45, 7) is 0.183. The molecule has 1 aliphatic heterocycles. The van der Waals surface area contributed by atoms with E-state index >= 15 is 0 Å². The van der Waals surface area contributed by atoms with Gasteiger partial charge in [-0.25, -0.2) is 4.98 Å². The molecule has 3 aromatic rings. The van der Waals surface area contributed by atoms with Gasteiger partial charge >= 0.3 is 0 Å². The number of pyridine rings is 1. The van der Waals surface area contributed by atoms with Gasteiger partial charge in [-0.15, -0.1) is 0 Å². The fourth-order valence-corrected chi connectivity index (χ4v) is 2.59. The molecule has 7 nitrogen and oxygen atoms in total. The van der Waals surface area contributed by atoms with E-state index in [1.807, 2.05) is 6.07 Å². The van der Waals surface area contributed by atoms with E-state index in [0.29, 0.717) is 34.1 Å². The molecule has 0 aliphatic carbocycles. The molecule has 0 saturated heterocycles. The first kappa shape index (κ1) is 16.4. The molecular weight excluding hydrogens is 344 g/mol. The summed E-state index contributed by atoms with van der Waals surface area (Å²) in [6.07, 6.45) is 1.48. The van der Waals surface area contributed by atoms with Crippen LogP contribution in [0.15, 0.2) is 60.8 Å². The minimum atomic E-state index is -0.278. The maximum Gasteiger partial charge on any atom is 0.257 e. The number of hydrogen-bond acceptors (Lipinski definition) is 6. The molecule has 2 heterocycles. The van der Waals surface area contributed by atoms with Crippen molar-refractivity contribution in [1.82, 2.24) is 4.98 Å². The SMILES string of the molecule is N#Cc1cccc(Nc2ccc(C(=O)Nc3ccc4c(c3)OCO4)cn2)c1. The van der Waals surface area contributed by atoms with E-state index in [1.165, 1.54) is 6.20 Å². The first-order valence-electron chi connectivity index (χ1n) is 8.15. The van der Waals surface area contributed by atoms with E-state index in [2.05, 4.69) is 21.7 Å². The predicted molar refractivity (Wildman–Crippen MR) is 99.2 cm³/mol. The molecule has 1 aliphatic rings. The topological polar surface area (TPSA) is 96.3 Å². The third-order valence-electron chi connectivity index (χ3n) is 3.92. The molecule has 0 fully saturated rings. The zero-order chi connectivity index (χ0) is 18.6. The molecule has 1 amide bonds. The highest BCUT2D eigenvalue weighted by atomic mass is 16.7. The van der Waals surface area contributed by atoms with Crippen LogP contribution in [0, 0.1) is 11.3 Å². The smallest absolute Gasteiger partial charge is 0.257 e. The van der Waals surface area contributed by atoms with Gasteiger partial charge in [-0.05, 0) is 42.5 Å². The number of rotatable bonds is 4. The molecule has 0 radical (unpaired) electrons. The van der Waals surface area contributed by atoms with Gasteiger partial charge < -0.3 is 20.1 Å². The second-order valence-corrected chi connectivity index (χ2v) is 5.77. The summed E-state index contributed by atoms with van der Waals surface area (Å²) in [7, 11) is 0. The second kappa shape index (κ2) is 7.06. The lowest BCUT2D eigenvalue weighted by atomic mass is 10.2. The Hall–Kier alpha value is -4.05. The zero-order valence-corrected chi connectivity index (χ0v) is 14.1. The van der Waals surface area contributed by atoms with Gasteiger partial charge in [0.25, 0.3) is 5.91 Å². The van der Waals surface area contributed by atoms with Crippen molar-refractivity contribution in [1.29, 1.82) is 5.26 Å². The zero-order valence-electron chi connectivity index (χ0n) is 14.1. The summed E-state index contributed by atoms with van der Waals surface area (Å²) in [4.78, 5) is 16.6. The van der Waals surface area contributed by atoms with Crippen LogP contribution >= 0.6 is 0 Å². The van der Waals surface area contributed by atoms with Crippen LogP contribution in [0.1, 0.15) is 15.9 Å². The summed E-state index contributed by atoms with van der Waals surface area (Å²) in [5.74, 6) is 1.56. The lowest BCUT2D eigenvalue weighted by Gasteiger charge is -2.08. The van der Waals surface area contributed by atoms with E-state index in [9.17, 15) is 4.79 Å². The number of carbonyl (C=O) groups is 1. The quantitative estimate of drug-likeness (QED) is 0.738. The van der Waals surface area contributed by atoms with E-state index in [1.54, 1.807) is 48.5 Å². The number of benzene rings is 2. The van der Waals surface area contributed by atoms with E-state index in [0.717, 1.165) is 5.69 Å². The van der Waals surface area contributed by atoms with Crippen LogP contribution in [0.2, 0.25) is 0 Å². The highest BCUT2D eigenvalue weighted by Crippen LogP contribution is 2.34. The lowest BCUT2D eigenvalue weighted by molar-refractivity contribution is 0.102. The van der Waals surface area contributed by atoms with Crippen molar-refractivity contribution >= 4 is 23.1 Å². The number of anilines is 3. The number of nitriles is 1. The van der Waals surface area contributed by atoms with Gasteiger partial charge in [-0.1, -0.05) is 6.07 Å². The molecule has 4 rings (SSSR count). The summed E-state index contributed by atoms with van der Waals surface area (Å²) >= 11 is 0. The Balaban J connectivity index is 1.43. The van der Waals surface area contributed by atoms with Gasteiger partial charge in [0.1, 0.15) is 5.82 Å². The first-order chi connectivity index (χ1) is 13.2. The maximum absolute atomic E-state index is 12.4. The Morgan fingerprint density at radius 3 is 2.74 bits per heavy atom. The predicted octanol–water partition coefficient (Wildman–Crippen LogP) is 3.68. The van der Waals surface area contributed by atoms with Gasteiger partial charge in [-0.3, -0.25) is 4.79 Å². The standard InChI is InChI=1S/C20H14N4O3/c21-10-13-2-1-3-15(8-13)23-19-7-4-14(11-22-19)20(25)24-16-5-6-17-18(9-16)27-12-26-17/h1-9,11H,12H2,(H,22,23)(H,24,25). The summed E-state index contributed by atoms with van der Waals surface area (Å²) in [5, 5.41) is 14.8. The molecule has 0 unspecified atom stereocenters. The van der Waals surface area contributed by atoms with Gasteiger partial charge in [0.05, 0.1) is 17.2 Å². The van der Waals surface area contributed by atoms with E-state index in [-0.39, 0.29) is 12.7 Å². The molecule has 27 heavy (non-hydrogen) atoms. The monoisotopic (exact) mass is 358 g/mol. The molecule has 2 N–H and O–H groups in total. The highest BCUT2D eigenvalue weighted by molar-refractivity contribution is 6.04. The second-order valence-electron chi connectivity index (χ2n) is 5.77. The number of hydrogen-bond donors (Lipinski definition) is 2. The van der Waals surface area contributed by atoms with Gasteiger partial charge in [-0.2, -0.15) is 5.26 Å². The van der Waals surface area contributed by atoms with Crippen molar-refractivity contribution in [2.45, 2.75) is 0 Å². The minimum absolute atomic E-state index is 0.183. The van der Waals surface area contributed by atoms with Crippen LogP contribution < -0.4 is 20.1 Å². The van der Waals surface area contributed by atoms with Crippen molar-refractivity contribution in [2.24, 2.45) is 0 Å². The molecule has 132 valence electrons. The van der Waals surface area contributed by atoms with Gasteiger partial charge in [0.2, 0.25) is 6.79 Å².